The fourth-order valence-corrected chi connectivity index (χ4v) is 5.77. The van der Waals surface area contributed by atoms with Crippen molar-refractivity contribution in [1.82, 2.24) is 0 Å². The molecular weight excluding hydrogens is 441 g/mol. The highest BCUT2D eigenvalue weighted by molar-refractivity contribution is 8.13. The molecule has 0 radical (unpaired) electrons. The molecule has 3 atom stereocenters. The van der Waals surface area contributed by atoms with Gasteiger partial charge in [0.2, 0.25) is 0 Å². The van der Waals surface area contributed by atoms with Crippen molar-refractivity contribution >= 4 is 27.0 Å². The summed E-state index contributed by atoms with van der Waals surface area (Å²) in [6, 6.07) is 12.2. The van der Waals surface area contributed by atoms with Gasteiger partial charge in [-0.1, -0.05) is 47.2 Å². The van der Waals surface area contributed by atoms with Crippen LogP contribution in [0.25, 0.3) is 10.4 Å². The Labute approximate surface area is 184 Å². The summed E-state index contributed by atoms with van der Waals surface area (Å²) in [7, 11) is -3.82. The van der Waals surface area contributed by atoms with Crippen LogP contribution in [0.1, 0.15) is 46.8 Å². The van der Waals surface area contributed by atoms with Gasteiger partial charge in [-0.3, -0.25) is 8.98 Å². The van der Waals surface area contributed by atoms with Crippen molar-refractivity contribution in [3.05, 3.63) is 81.0 Å². The Kier molecular flexibility index (Phi) is 7.38. The molecule has 0 saturated heterocycles. The molecule has 0 aromatic heterocycles. The van der Waals surface area contributed by atoms with Gasteiger partial charge in [0.1, 0.15) is 5.82 Å². The van der Waals surface area contributed by atoms with Crippen LogP contribution in [-0.4, -0.2) is 32.4 Å². The van der Waals surface area contributed by atoms with E-state index in [0.717, 1.165) is 34.7 Å². The maximum atomic E-state index is 14.2. The predicted octanol–water partition coefficient (Wildman–Crippen LogP) is 4.88. The van der Waals surface area contributed by atoms with Gasteiger partial charge in [-0.15, -0.1) is 0 Å². The number of carbonyl (C=O) groups excluding carboxylic acids is 1. The number of benzene rings is 2. The summed E-state index contributed by atoms with van der Waals surface area (Å²) in [5.74, 6) is -0.774. The van der Waals surface area contributed by atoms with E-state index in [1.807, 2.05) is 24.3 Å². The number of rotatable bonds is 7. The Morgan fingerprint density at radius 2 is 2.00 bits per heavy atom. The van der Waals surface area contributed by atoms with Crippen molar-refractivity contribution in [3.8, 4) is 0 Å². The van der Waals surface area contributed by atoms with Gasteiger partial charge in [-0.2, -0.15) is 8.42 Å². The molecule has 0 spiro atoms. The summed E-state index contributed by atoms with van der Waals surface area (Å²) < 4.78 is 43.0. The largest absolute Gasteiger partial charge is 0.288 e. The molecule has 1 aliphatic rings. The number of halogens is 1. The smallest absolute Gasteiger partial charge is 0.264 e. The molecule has 2 aromatic carbocycles. The lowest BCUT2D eigenvalue weighted by molar-refractivity contribution is -0.109. The molecule has 0 N–H and O–H groups in total. The van der Waals surface area contributed by atoms with Gasteiger partial charge >= 0.3 is 0 Å². The zero-order valence-corrected chi connectivity index (χ0v) is 18.7. The van der Waals surface area contributed by atoms with Crippen molar-refractivity contribution in [2.75, 3.05) is 12.8 Å². The summed E-state index contributed by atoms with van der Waals surface area (Å²) in [6.07, 6.45) is 0.743. The highest BCUT2D eigenvalue weighted by atomic mass is 32.2. The van der Waals surface area contributed by atoms with Gasteiger partial charge in [0.25, 0.3) is 10.1 Å². The van der Waals surface area contributed by atoms with Crippen LogP contribution in [0.5, 0.6) is 0 Å². The van der Waals surface area contributed by atoms with Crippen molar-refractivity contribution < 1.29 is 21.8 Å². The molecule has 164 valence electrons. The van der Waals surface area contributed by atoms with Gasteiger partial charge in [-0.25, -0.2) is 4.39 Å². The monoisotopic (exact) mass is 463 g/mol. The van der Waals surface area contributed by atoms with Crippen molar-refractivity contribution in [2.24, 2.45) is 5.11 Å². The lowest BCUT2D eigenvalue weighted by Crippen LogP contribution is -2.25. The van der Waals surface area contributed by atoms with E-state index in [-0.39, 0.29) is 24.0 Å². The predicted molar refractivity (Wildman–Crippen MR) is 118 cm³/mol. The van der Waals surface area contributed by atoms with Gasteiger partial charge < -0.3 is 0 Å². The Balaban J connectivity index is 2.14. The van der Waals surface area contributed by atoms with Crippen LogP contribution in [0.2, 0.25) is 0 Å². The Hall–Kier alpha value is -2.39. The first-order valence-electron chi connectivity index (χ1n) is 9.60. The van der Waals surface area contributed by atoms with Gasteiger partial charge in [-0.05, 0) is 52.8 Å². The molecule has 0 fully saturated rings. The third-order valence-electron chi connectivity index (χ3n) is 5.08. The number of hydrogen-bond donors (Lipinski definition) is 0. The van der Waals surface area contributed by atoms with Crippen molar-refractivity contribution in [3.63, 3.8) is 0 Å². The third kappa shape index (κ3) is 6.07. The quantitative estimate of drug-likeness (QED) is 0.252. The molecular formula is C21H22FN3O4S2. The fraction of sp³-hybridized carbons (Fsp3) is 0.381. The van der Waals surface area contributed by atoms with Crippen LogP contribution in [0.4, 0.5) is 4.39 Å². The highest BCUT2D eigenvalue weighted by Crippen LogP contribution is 2.49. The topological polar surface area (TPSA) is 109 Å². The number of nitrogens with zero attached hydrogens (tertiary/aromatic N) is 3. The average molecular weight is 464 g/mol. The summed E-state index contributed by atoms with van der Waals surface area (Å²) in [6.45, 7) is 1.26. The number of azide groups is 1. The molecule has 0 aliphatic heterocycles. The normalized spacial score (nSPS) is 18.8. The summed E-state index contributed by atoms with van der Waals surface area (Å²) >= 11 is 1.08. The van der Waals surface area contributed by atoms with Crippen LogP contribution >= 0.6 is 11.8 Å². The standard InChI is InChI=1S/C21H22FN3O4S2/c1-13(26)30-21-19-10-16(22)8-7-15(19)9-14-5-3-4-6-18(14)20(21)11-17(12-24-25-23)29-31(2,27)28/h3-8,10,17,20-21H,9,11-12H2,1-2H3/t17-,20+,21-/m0/s1. The summed E-state index contributed by atoms with van der Waals surface area (Å²) in [5.41, 5.74) is 12.3. The second-order valence-corrected chi connectivity index (χ2v) is 10.3. The van der Waals surface area contributed by atoms with E-state index in [9.17, 15) is 17.6 Å². The first-order chi connectivity index (χ1) is 14.7. The molecule has 7 nitrogen and oxygen atoms in total. The zero-order valence-electron chi connectivity index (χ0n) is 17.1. The van der Waals surface area contributed by atoms with E-state index < -0.39 is 27.3 Å². The minimum absolute atomic E-state index is 0.139. The van der Waals surface area contributed by atoms with E-state index >= 15 is 0 Å². The van der Waals surface area contributed by atoms with Crippen LogP contribution in [0, 0.1) is 5.82 Å². The van der Waals surface area contributed by atoms with Gasteiger partial charge in [0, 0.05) is 23.0 Å². The van der Waals surface area contributed by atoms with Crippen LogP contribution in [0.15, 0.2) is 47.6 Å². The number of thioether (sulfide) groups is 1. The molecule has 0 unspecified atom stereocenters. The number of carbonyl (C=O) groups is 1. The maximum Gasteiger partial charge on any atom is 0.264 e. The lowest BCUT2D eigenvalue weighted by atomic mass is 9.86. The first-order valence-corrected chi connectivity index (χ1v) is 12.3. The second-order valence-electron chi connectivity index (χ2n) is 7.43. The minimum atomic E-state index is -3.82. The molecule has 2 aromatic rings. The Morgan fingerprint density at radius 1 is 1.29 bits per heavy atom. The van der Waals surface area contributed by atoms with E-state index in [2.05, 4.69) is 10.0 Å². The maximum absolute atomic E-state index is 14.2. The van der Waals surface area contributed by atoms with E-state index in [1.165, 1.54) is 19.1 Å². The molecule has 10 heteroatoms. The molecule has 3 rings (SSSR count). The average Bonchev–Trinajstić information content (AvgIpc) is 2.80. The summed E-state index contributed by atoms with van der Waals surface area (Å²) in [5, 5.41) is 2.91. The van der Waals surface area contributed by atoms with E-state index in [1.54, 1.807) is 6.07 Å². The van der Waals surface area contributed by atoms with Gasteiger partial charge in [0.15, 0.2) is 5.12 Å². The lowest BCUT2D eigenvalue weighted by Gasteiger charge is -2.29. The van der Waals surface area contributed by atoms with E-state index in [4.69, 9.17) is 9.71 Å². The van der Waals surface area contributed by atoms with Crippen molar-refractivity contribution in [2.45, 2.75) is 37.0 Å². The van der Waals surface area contributed by atoms with Crippen molar-refractivity contribution in [1.29, 1.82) is 0 Å². The SMILES string of the molecule is CC(=O)S[C@H]1c2cc(F)ccc2Cc2ccccc2[C@H]1C[C@@H](CN=[N+]=[N-])OS(C)(=O)=O. The minimum Gasteiger partial charge on any atom is -0.288 e. The number of hydrogen-bond acceptors (Lipinski definition) is 6. The van der Waals surface area contributed by atoms with Gasteiger partial charge in [0.05, 0.1) is 18.9 Å². The second kappa shape index (κ2) is 9.82. The molecule has 0 saturated carbocycles. The highest BCUT2D eigenvalue weighted by Gasteiger charge is 2.35. The van der Waals surface area contributed by atoms with Crippen LogP contribution in [0.3, 0.4) is 0 Å². The Morgan fingerprint density at radius 3 is 2.68 bits per heavy atom. The van der Waals surface area contributed by atoms with E-state index in [0.29, 0.717) is 12.0 Å². The Bertz CT molecular complexity index is 1130. The van der Waals surface area contributed by atoms with Crippen LogP contribution < -0.4 is 0 Å². The zero-order chi connectivity index (χ0) is 22.6. The molecule has 31 heavy (non-hydrogen) atoms. The third-order valence-corrected chi connectivity index (χ3v) is 6.87. The molecule has 0 bridgehead atoms. The molecule has 0 heterocycles. The number of fused-ring (bicyclic) bond motifs is 2. The fourth-order valence-electron chi connectivity index (χ4n) is 4.01. The molecule has 0 amide bonds. The summed E-state index contributed by atoms with van der Waals surface area (Å²) in [4.78, 5) is 14.9. The molecule has 1 aliphatic carbocycles. The first kappa shape index (κ1) is 23.3. The van der Waals surface area contributed by atoms with Crippen LogP contribution in [-0.2, 0) is 25.5 Å².